The summed E-state index contributed by atoms with van der Waals surface area (Å²) in [5.41, 5.74) is 0. The second kappa shape index (κ2) is 43.3. The summed E-state index contributed by atoms with van der Waals surface area (Å²) >= 11 is 0. The molecule has 9 aromatic rings. The lowest BCUT2D eigenvalue weighted by molar-refractivity contribution is -0.114. The van der Waals surface area contributed by atoms with Gasteiger partial charge in [0.05, 0.1) is 192 Å². The van der Waals surface area contributed by atoms with Crippen molar-refractivity contribution < 1.29 is 137 Å². The minimum atomic E-state index is -3.43. The molecular formula is C86H106O29P3+3. The average molecular weight is 1700 g/mol. The second-order valence-electron chi connectivity index (χ2n) is 24.5. The van der Waals surface area contributed by atoms with Crippen LogP contribution in [0.25, 0.3) is 0 Å². The van der Waals surface area contributed by atoms with Gasteiger partial charge in [0, 0.05) is 109 Å². The van der Waals surface area contributed by atoms with Crippen molar-refractivity contribution in [2.45, 2.75) is 6.92 Å². The van der Waals surface area contributed by atoms with Crippen LogP contribution in [0.4, 0.5) is 0 Å². The topological polar surface area (TPSA) is 283 Å². The first-order valence-corrected chi connectivity index (χ1v) is 41.0. The van der Waals surface area contributed by atoms with E-state index in [1.807, 2.05) is 42.3 Å². The number of Topliss-reactive ketones (excluding diaryl/α,β-unsaturated/α-hetero) is 1. The van der Waals surface area contributed by atoms with Gasteiger partial charge in [0.15, 0.2) is 176 Å². The normalized spacial score (nSPS) is 10.7. The van der Waals surface area contributed by atoms with E-state index in [2.05, 4.69) is 0 Å². The fraction of sp³-hybridized carbons (Fsp3) is 0.337. The van der Waals surface area contributed by atoms with Gasteiger partial charge in [-0.15, -0.1) is 0 Å². The number of carbonyl (C=O) groups excluding carboxylic acids is 2. The molecule has 0 amide bonds. The first-order valence-electron chi connectivity index (χ1n) is 35.6. The number of ether oxygens (including phenoxy) is 27. The van der Waals surface area contributed by atoms with Crippen LogP contribution < -0.4 is 176 Å². The smallest absolute Gasteiger partial charge is 0.194 e. The number of hydrogen-bond acceptors (Lipinski definition) is 29. The molecule has 0 heterocycles. The van der Waals surface area contributed by atoms with E-state index >= 15 is 0 Å². The summed E-state index contributed by atoms with van der Waals surface area (Å²) in [5, 5.41) is 5.64. The summed E-state index contributed by atoms with van der Waals surface area (Å²) < 4.78 is 156. The van der Waals surface area contributed by atoms with E-state index in [0.717, 1.165) is 15.9 Å². The molecule has 32 heteroatoms. The van der Waals surface area contributed by atoms with Crippen LogP contribution in [0.3, 0.4) is 0 Å². The maximum Gasteiger partial charge on any atom is 0.194 e. The van der Waals surface area contributed by atoms with Gasteiger partial charge in [0.25, 0.3) is 0 Å². The van der Waals surface area contributed by atoms with E-state index in [1.54, 1.807) is 201 Å². The number of ketones is 1. The molecule has 9 aromatic carbocycles. The number of methoxy groups -OCH3 is 27. The molecule has 0 fully saturated rings. The first-order chi connectivity index (χ1) is 57.0. The summed E-state index contributed by atoms with van der Waals surface area (Å²) in [5.74, 6) is 16.2. The summed E-state index contributed by atoms with van der Waals surface area (Å²) in [4.78, 5) is 26.1. The molecule has 0 aliphatic rings. The van der Waals surface area contributed by atoms with Gasteiger partial charge in [-0.1, -0.05) is 0 Å². The van der Waals surface area contributed by atoms with Crippen molar-refractivity contribution in [2.24, 2.45) is 0 Å². The second-order valence-corrected chi connectivity index (χ2v) is 33.1. The molecule has 0 radical (unpaired) electrons. The summed E-state index contributed by atoms with van der Waals surface area (Å²) in [7, 11) is 33.2. The van der Waals surface area contributed by atoms with Crippen molar-refractivity contribution in [1.82, 2.24) is 0 Å². The summed E-state index contributed by atoms with van der Waals surface area (Å²) in [6.07, 6.45) is 0.00411. The molecule has 636 valence electrons. The molecule has 0 saturated carbocycles. The molecule has 0 aromatic heterocycles. The maximum absolute atomic E-state index is 13.5. The molecule has 0 N–H and O–H groups in total. The predicted octanol–water partition coefficient (Wildman–Crippen LogP) is 10.3. The Kier molecular flexibility index (Phi) is 34.2. The highest BCUT2D eigenvalue weighted by molar-refractivity contribution is 7.99. The number of benzene rings is 9. The predicted molar refractivity (Wildman–Crippen MR) is 460 cm³/mol. The molecule has 9 rings (SSSR count). The molecular weight excluding hydrogens is 1590 g/mol. The number of carbonyl (C=O) groups is 1. The van der Waals surface area contributed by atoms with Gasteiger partial charge in [-0.25, -0.2) is 4.79 Å². The lowest BCUT2D eigenvalue weighted by atomic mass is 10.3. The molecule has 0 aliphatic carbocycles. The van der Waals surface area contributed by atoms with Crippen LogP contribution in [0.1, 0.15) is 6.92 Å². The van der Waals surface area contributed by atoms with Crippen LogP contribution in [-0.4, -0.2) is 210 Å². The first kappa shape index (κ1) is 93.2. The molecule has 0 aliphatic heterocycles. The molecule has 118 heavy (non-hydrogen) atoms. The van der Waals surface area contributed by atoms with E-state index in [-0.39, 0.29) is 11.9 Å². The SMILES string of the molecule is COc1cc(OC)c([P+](C=C=O)(c2c(OC)cc(OC)cc2OC)c2c(OC)cc(OC)cc2OC)c(OC)c1.COc1cc(OC)c([P+](CC(C)=O)(c2c(OC)cc(OC)cc2OC)c2c(OC)cc(OC)cc2OC)c(OC)c1.COc1cc(OC)c([PH+](c2c(OC)cc(OC)cc2OC)c2c(OC)cc(OC)cc2OC)c(OC)c1. The van der Waals surface area contributed by atoms with Crippen LogP contribution in [0.5, 0.6) is 155 Å². The Hall–Kier alpha value is -12.0. The van der Waals surface area contributed by atoms with Crippen molar-refractivity contribution in [3.63, 3.8) is 0 Å². The van der Waals surface area contributed by atoms with E-state index < -0.39 is 22.4 Å². The van der Waals surface area contributed by atoms with E-state index in [9.17, 15) is 9.59 Å². The highest BCUT2D eigenvalue weighted by atomic mass is 31.2. The number of hydrogen-bond donors (Lipinski definition) is 0. The van der Waals surface area contributed by atoms with Crippen molar-refractivity contribution in [3.8, 4) is 155 Å². The van der Waals surface area contributed by atoms with Gasteiger partial charge in [0.2, 0.25) is 0 Å². The zero-order valence-corrected chi connectivity index (χ0v) is 74.7. The Labute approximate surface area is 691 Å². The highest BCUT2D eigenvalue weighted by Gasteiger charge is 2.60. The largest absolute Gasteiger partial charge is 0.496 e. The fourth-order valence-corrected chi connectivity index (χ4v) is 26.3. The Morgan fingerprint density at radius 1 is 0.237 bits per heavy atom. The van der Waals surface area contributed by atoms with Crippen LogP contribution in [0.15, 0.2) is 115 Å². The van der Waals surface area contributed by atoms with Gasteiger partial charge in [-0.05, 0) is 6.92 Å². The lowest BCUT2D eigenvalue weighted by Gasteiger charge is -2.32. The van der Waals surface area contributed by atoms with Crippen LogP contribution >= 0.6 is 22.4 Å². The molecule has 0 saturated heterocycles. The zero-order valence-electron chi connectivity index (χ0n) is 71.9. The van der Waals surface area contributed by atoms with E-state index in [0.29, 0.717) is 187 Å². The minimum Gasteiger partial charge on any atom is -0.496 e. The van der Waals surface area contributed by atoms with Gasteiger partial charge in [0.1, 0.15) is 73.1 Å². The van der Waals surface area contributed by atoms with Gasteiger partial charge in [-0.2, -0.15) is 0 Å². The van der Waals surface area contributed by atoms with Crippen molar-refractivity contribution in [3.05, 3.63) is 115 Å². The van der Waals surface area contributed by atoms with Crippen molar-refractivity contribution >= 4 is 81.9 Å². The van der Waals surface area contributed by atoms with Crippen LogP contribution in [0.2, 0.25) is 0 Å². The quantitative estimate of drug-likeness (QED) is 0.0256. The monoisotopic (exact) mass is 1700 g/mol. The summed E-state index contributed by atoms with van der Waals surface area (Å²) in [6.45, 7) is 1.53. The standard InChI is InChI=1S/C30H38O10P.C29H34O10P.C27H33O9P/c1-18(31)17-41(28-22(35-5)11-19(32-2)12-23(28)36-6,29-24(37-7)13-20(33-3)14-25(29)38-8)30-26(39-9)15-21(34-4)16-27(30)40-10;1-31-18-12-21(34-4)27(22(13-18)35-5)40(11-10-30,28-23(36-6)14-19(32-2)15-24(28)37-7)29-25(38-8)16-20(33-3)17-26(29)39-9;1-28-16-10-19(31-4)25(20(11-16)32-5)37(26-21(33-6)12-17(29-2)13-22(26)34-7)27-23(35-8)14-18(30-3)15-24(27)36-9/h11-16H,17H2,1-10H3;11-17H,1-9H3;10-15H,1-9H3/q2*+1;/p+1. The van der Waals surface area contributed by atoms with Crippen molar-refractivity contribution in [1.29, 1.82) is 0 Å². The maximum atomic E-state index is 13.5. The molecule has 0 atom stereocenters. The van der Waals surface area contributed by atoms with E-state index in [1.165, 1.54) is 76.7 Å². The Bertz CT molecular complexity index is 4300. The zero-order chi connectivity index (χ0) is 86.9. The van der Waals surface area contributed by atoms with Crippen LogP contribution in [0, 0.1) is 0 Å². The molecule has 0 bridgehead atoms. The Morgan fingerprint density at radius 2 is 0.373 bits per heavy atom. The van der Waals surface area contributed by atoms with Crippen LogP contribution in [-0.2, 0) is 9.59 Å². The number of rotatable bonds is 39. The Morgan fingerprint density at radius 3 is 0.492 bits per heavy atom. The van der Waals surface area contributed by atoms with Gasteiger partial charge >= 0.3 is 0 Å². The van der Waals surface area contributed by atoms with Gasteiger partial charge in [-0.3, -0.25) is 4.79 Å². The van der Waals surface area contributed by atoms with E-state index in [4.69, 9.17) is 128 Å². The third-order valence-corrected chi connectivity index (χ3v) is 30.4. The fourth-order valence-electron chi connectivity index (χ4n) is 13.7. The molecule has 29 nitrogen and oxygen atoms in total. The van der Waals surface area contributed by atoms with Gasteiger partial charge < -0.3 is 128 Å². The average Bonchev–Trinajstić information content (AvgIpc) is 0.712. The third kappa shape index (κ3) is 18.7. The molecule has 0 unspecified atom stereocenters. The van der Waals surface area contributed by atoms with Crippen molar-refractivity contribution in [2.75, 3.05) is 198 Å². The minimum absolute atomic E-state index is 0.00411. The summed E-state index contributed by atoms with van der Waals surface area (Å²) in [6, 6.07) is 31.6. The third-order valence-electron chi connectivity index (χ3n) is 18.9. The Balaban J connectivity index is 0.000000245. The highest BCUT2D eigenvalue weighted by Crippen LogP contribution is 2.69. The molecule has 0 spiro atoms. The lowest BCUT2D eigenvalue weighted by Crippen LogP contribution is -2.39.